The van der Waals surface area contributed by atoms with E-state index in [9.17, 15) is 19.2 Å². The van der Waals surface area contributed by atoms with Gasteiger partial charge in [-0.3, -0.25) is 19.2 Å². The molecule has 2 atom stereocenters. The highest BCUT2D eigenvalue weighted by molar-refractivity contribution is 5.89. The number of Topliss-reactive ketones (excluding diaryl/α,β-unsaturated/α-hetero) is 2. The number of carbonyl (C=O) groups is 4. The number of hydrogen-bond donors (Lipinski definition) is 3. The van der Waals surface area contributed by atoms with Crippen LogP contribution >= 0.6 is 0 Å². The molecule has 1 aromatic rings. The Morgan fingerprint density at radius 1 is 0.453 bits per heavy atom. The van der Waals surface area contributed by atoms with Gasteiger partial charge in [-0.2, -0.15) is 0 Å². The van der Waals surface area contributed by atoms with E-state index in [0.29, 0.717) is 178 Å². The first-order valence-electron chi connectivity index (χ1n) is 22.7. The highest BCUT2D eigenvalue weighted by Crippen LogP contribution is 2.06. The minimum Gasteiger partial charge on any atom is -0.379 e. The lowest BCUT2D eigenvalue weighted by Crippen LogP contribution is -2.42. The molecule has 1 aromatic carbocycles. The Morgan fingerprint density at radius 2 is 0.797 bits per heavy atom. The summed E-state index contributed by atoms with van der Waals surface area (Å²) in [6.45, 7) is 14.3. The molecule has 0 heterocycles. The Morgan fingerprint density at radius 3 is 1.16 bits per heavy atom. The highest BCUT2D eigenvalue weighted by atomic mass is 16.6. The van der Waals surface area contributed by atoms with Gasteiger partial charge in [-0.25, -0.2) is 0 Å². The number of amides is 2. The summed E-state index contributed by atoms with van der Waals surface area (Å²) in [6.07, 6.45) is 2.14. The van der Waals surface area contributed by atoms with Gasteiger partial charge in [0, 0.05) is 38.8 Å². The van der Waals surface area contributed by atoms with Gasteiger partial charge in [-0.05, 0) is 25.3 Å². The van der Waals surface area contributed by atoms with Crippen molar-refractivity contribution in [3.8, 4) is 0 Å². The lowest BCUT2D eigenvalue weighted by atomic mass is 10.0. The molecule has 1 rings (SSSR count). The molecule has 0 spiro atoms. The predicted molar refractivity (Wildman–Crippen MR) is 237 cm³/mol. The van der Waals surface area contributed by atoms with Crippen molar-refractivity contribution >= 4 is 23.4 Å². The standard InChI is InChI=1S/C45H79N3O16/c1-3-42(49)41(38-40-8-5-4-6-9-40)48-45(52)12-15-54-17-19-56-21-23-58-25-27-60-29-31-62-33-35-64-37-36-63-34-32-61-30-28-59-26-24-57-22-20-55-18-16-53-14-7-10-43(50)39(2)47-44(51)11-13-46/h4-6,8-9,39,41H,3,7,10-38,46H2,1-2H3,(H,47,51)(H,48,52)/t39-,41-/m0/s1. The number of rotatable bonds is 49. The molecular weight excluding hydrogens is 838 g/mol. The van der Waals surface area contributed by atoms with E-state index in [0.717, 1.165) is 5.56 Å². The number of carbonyl (C=O) groups excluding carboxylic acids is 4. The molecular formula is C45H79N3O16. The van der Waals surface area contributed by atoms with E-state index in [1.54, 1.807) is 13.8 Å². The van der Waals surface area contributed by atoms with Crippen molar-refractivity contribution in [1.82, 2.24) is 10.6 Å². The third-order valence-corrected chi connectivity index (χ3v) is 8.86. The van der Waals surface area contributed by atoms with Crippen LogP contribution in [0.15, 0.2) is 30.3 Å². The summed E-state index contributed by atoms with van der Waals surface area (Å²) in [7, 11) is 0. The van der Waals surface area contributed by atoms with Gasteiger partial charge in [0.25, 0.3) is 0 Å². The summed E-state index contributed by atoms with van der Waals surface area (Å²) in [5, 5.41) is 5.48. The van der Waals surface area contributed by atoms with Crippen LogP contribution in [0.3, 0.4) is 0 Å². The van der Waals surface area contributed by atoms with E-state index < -0.39 is 12.1 Å². The Kier molecular flexibility index (Phi) is 41.6. The molecule has 0 aliphatic rings. The number of benzene rings is 1. The molecule has 0 aliphatic carbocycles. The second-order valence-electron chi connectivity index (χ2n) is 14.1. The molecule has 0 aromatic heterocycles. The minimum atomic E-state index is -0.535. The van der Waals surface area contributed by atoms with Crippen LogP contribution in [0.2, 0.25) is 0 Å². The van der Waals surface area contributed by atoms with Gasteiger partial charge in [0.2, 0.25) is 11.8 Å². The van der Waals surface area contributed by atoms with E-state index in [2.05, 4.69) is 10.6 Å². The maximum absolute atomic E-state index is 12.3. The Bertz CT molecular complexity index is 1250. The van der Waals surface area contributed by atoms with Gasteiger partial charge >= 0.3 is 0 Å². The predicted octanol–water partition coefficient (Wildman–Crippen LogP) is 1.49. The Hall–Kier alpha value is -3.02. The maximum Gasteiger partial charge on any atom is 0.222 e. The van der Waals surface area contributed by atoms with Crippen LogP contribution in [0, 0.1) is 0 Å². The monoisotopic (exact) mass is 918 g/mol. The van der Waals surface area contributed by atoms with Crippen molar-refractivity contribution < 1.29 is 76.0 Å². The zero-order valence-corrected chi connectivity index (χ0v) is 38.6. The van der Waals surface area contributed by atoms with Crippen molar-refractivity contribution in [2.45, 2.75) is 64.5 Å². The van der Waals surface area contributed by atoms with Gasteiger partial charge in [-0.15, -0.1) is 0 Å². The van der Waals surface area contributed by atoms with Gasteiger partial charge < -0.3 is 73.2 Å². The summed E-state index contributed by atoms with van der Waals surface area (Å²) in [5.74, 6) is -0.450. The minimum absolute atomic E-state index is 0.00642. The number of ketones is 2. The van der Waals surface area contributed by atoms with Crippen LogP contribution in [0.25, 0.3) is 0 Å². The van der Waals surface area contributed by atoms with Gasteiger partial charge in [0.05, 0.1) is 164 Å². The fourth-order valence-corrected chi connectivity index (χ4v) is 5.38. The van der Waals surface area contributed by atoms with Crippen LogP contribution in [0.4, 0.5) is 0 Å². The SMILES string of the molecule is CCC(=O)[C@H](Cc1ccccc1)NC(=O)CCOCCOCCOCCOCCOCCOCCOCCOCCOCCOCCOCCOCCCC(=O)[C@H](C)NC(=O)CCN. The molecule has 0 bridgehead atoms. The van der Waals surface area contributed by atoms with Gasteiger partial charge in [-0.1, -0.05) is 37.3 Å². The van der Waals surface area contributed by atoms with Crippen LogP contribution < -0.4 is 16.4 Å². The van der Waals surface area contributed by atoms with Crippen LogP contribution in [0.5, 0.6) is 0 Å². The first-order valence-corrected chi connectivity index (χ1v) is 22.7. The van der Waals surface area contributed by atoms with E-state index >= 15 is 0 Å². The topological polar surface area (TPSA) is 229 Å². The molecule has 4 N–H and O–H groups in total. The second-order valence-corrected chi connectivity index (χ2v) is 14.1. The zero-order chi connectivity index (χ0) is 46.4. The van der Waals surface area contributed by atoms with Gasteiger partial charge in [0.15, 0.2) is 11.6 Å². The molecule has 370 valence electrons. The van der Waals surface area contributed by atoms with Crippen molar-refractivity contribution in [3.63, 3.8) is 0 Å². The van der Waals surface area contributed by atoms with E-state index in [4.69, 9.17) is 62.6 Å². The maximum atomic E-state index is 12.3. The first-order chi connectivity index (χ1) is 31.4. The average Bonchev–Trinajstić information content (AvgIpc) is 3.29. The van der Waals surface area contributed by atoms with Gasteiger partial charge in [0.1, 0.15) is 0 Å². The molecule has 0 aliphatic heterocycles. The number of hydrogen-bond acceptors (Lipinski definition) is 17. The van der Waals surface area contributed by atoms with Crippen molar-refractivity contribution in [3.05, 3.63) is 35.9 Å². The van der Waals surface area contributed by atoms with Crippen molar-refractivity contribution in [1.29, 1.82) is 0 Å². The van der Waals surface area contributed by atoms with E-state index in [1.807, 2.05) is 30.3 Å². The normalized spacial score (nSPS) is 12.3. The molecule has 2 amide bonds. The summed E-state index contributed by atoms with van der Waals surface area (Å²) < 4.78 is 65.9. The third kappa shape index (κ3) is 38.3. The molecule has 19 heteroatoms. The van der Waals surface area contributed by atoms with Crippen LogP contribution in [0.1, 0.15) is 51.5 Å². The molecule has 64 heavy (non-hydrogen) atoms. The molecule has 0 fully saturated rings. The lowest BCUT2D eigenvalue weighted by molar-refractivity contribution is -0.128. The molecule has 0 unspecified atom stereocenters. The lowest BCUT2D eigenvalue weighted by Gasteiger charge is -2.17. The molecule has 0 saturated heterocycles. The highest BCUT2D eigenvalue weighted by Gasteiger charge is 2.19. The molecule has 0 saturated carbocycles. The van der Waals surface area contributed by atoms with E-state index in [1.165, 1.54) is 0 Å². The smallest absolute Gasteiger partial charge is 0.222 e. The summed E-state index contributed by atoms with van der Waals surface area (Å²) in [5.41, 5.74) is 6.34. The summed E-state index contributed by atoms with van der Waals surface area (Å²) in [6, 6.07) is 8.59. The molecule has 19 nitrogen and oxygen atoms in total. The van der Waals surface area contributed by atoms with Crippen LogP contribution in [-0.4, -0.2) is 201 Å². The summed E-state index contributed by atoms with van der Waals surface area (Å²) >= 11 is 0. The average molecular weight is 918 g/mol. The van der Waals surface area contributed by atoms with Crippen molar-refractivity contribution in [2.75, 3.05) is 165 Å². The Labute approximate surface area is 380 Å². The quantitative estimate of drug-likeness (QED) is 0.0787. The Balaban J connectivity index is 1.71. The molecule has 0 radical (unpaired) electrons. The zero-order valence-electron chi connectivity index (χ0n) is 38.6. The van der Waals surface area contributed by atoms with E-state index in [-0.39, 0.29) is 49.4 Å². The summed E-state index contributed by atoms with van der Waals surface area (Å²) in [4.78, 5) is 48.2. The van der Waals surface area contributed by atoms with Crippen LogP contribution in [-0.2, 0) is 82.4 Å². The fraction of sp³-hybridized carbons (Fsp3) is 0.778. The fourth-order valence-electron chi connectivity index (χ4n) is 5.38. The number of nitrogens with one attached hydrogen (secondary N) is 2. The second kappa shape index (κ2) is 45.1. The first kappa shape index (κ1) is 59.0. The number of nitrogens with two attached hydrogens (primary N) is 1. The van der Waals surface area contributed by atoms with Crippen molar-refractivity contribution in [2.24, 2.45) is 5.73 Å². The largest absolute Gasteiger partial charge is 0.379 e. The number of ether oxygens (including phenoxy) is 12. The third-order valence-electron chi connectivity index (χ3n) is 8.86.